The van der Waals surface area contributed by atoms with Crippen LogP contribution in [0, 0.1) is 0 Å². The molecule has 0 saturated carbocycles. The predicted molar refractivity (Wildman–Crippen MR) is 87.2 cm³/mol. The van der Waals surface area contributed by atoms with Gasteiger partial charge in [0.15, 0.2) is 5.58 Å². The molecular formula is C13H22ClN4OP. The van der Waals surface area contributed by atoms with E-state index in [0.29, 0.717) is 10.6 Å². The first-order valence-electron chi connectivity index (χ1n) is 6.17. The predicted octanol–water partition coefficient (Wildman–Crippen LogP) is 3.21. The van der Waals surface area contributed by atoms with E-state index in [-0.39, 0.29) is 0 Å². The Morgan fingerprint density at radius 1 is 1.00 bits per heavy atom. The van der Waals surface area contributed by atoms with Crippen molar-refractivity contribution in [3.63, 3.8) is 0 Å². The fourth-order valence-corrected chi connectivity index (χ4v) is 4.10. The van der Waals surface area contributed by atoms with Crippen molar-refractivity contribution in [3.05, 3.63) is 29.3 Å². The molecule has 7 heteroatoms. The van der Waals surface area contributed by atoms with E-state index in [0.717, 1.165) is 5.69 Å². The second-order valence-corrected chi connectivity index (χ2v) is 8.55. The first-order chi connectivity index (χ1) is 9.19. The maximum atomic E-state index is 13.3. The zero-order valence-electron chi connectivity index (χ0n) is 12.8. The molecule has 0 aliphatic heterocycles. The Hall–Kier alpha value is -0.870. The van der Waals surface area contributed by atoms with Gasteiger partial charge in [0.25, 0.3) is 7.44 Å². The lowest BCUT2D eigenvalue weighted by Crippen LogP contribution is -2.34. The second-order valence-electron chi connectivity index (χ2n) is 5.02. The molecule has 0 unspecified atom stereocenters. The van der Waals surface area contributed by atoms with Gasteiger partial charge in [-0.25, -0.2) is 14.3 Å². The molecular weight excluding hydrogens is 295 g/mol. The Morgan fingerprint density at radius 2 is 1.45 bits per heavy atom. The van der Waals surface area contributed by atoms with Crippen molar-refractivity contribution in [1.29, 1.82) is 0 Å². The molecule has 0 N–H and O–H groups in total. The molecule has 0 amide bonds. The van der Waals surface area contributed by atoms with Crippen molar-refractivity contribution in [1.82, 2.24) is 14.2 Å². The number of rotatable bonds is 4. The summed E-state index contributed by atoms with van der Waals surface area (Å²) in [5.74, 6) is 0. The first-order valence-corrected chi connectivity index (χ1v) is 8.16. The van der Waals surface area contributed by atoms with Crippen LogP contribution in [-0.2, 0) is 4.57 Å². The van der Waals surface area contributed by atoms with Gasteiger partial charge >= 0.3 is 0 Å². The van der Waals surface area contributed by atoms with E-state index in [1.165, 1.54) is 0 Å². The van der Waals surface area contributed by atoms with E-state index >= 15 is 0 Å². The van der Waals surface area contributed by atoms with E-state index in [4.69, 9.17) is 11.6 Å². The minimum Gasteiger partial charge on any atom is -0.358 e. The zero-order chi connectivity index (χ0) is 15.5. The summed E-state index contributed by atoms with van der Waals surface area (Å²) in [4.78, 5) is 6.34. The summed E-state index contributed by atoms with van der Waals surface area (Å²) in [6.07, 6.45) is 0. The van der Waals surface area contributed by atoms with E-state index in [9.17, 15) is 4.57 Å². The van der Waals surface area contributed by atoms with Crippen LogP contribution in [0.3, 0.4) is 0 Å². The molecule has 1 aromatic carbocycles. The molecule has 0 aromatic heterocycles. The van der Waals surface area contributed by atoms with Gasteiger partial charge in [-0.3, -0.25) is 4.57 Å². The normalized spacial score (nSPS) is 13.2. The molecule has 0 radical (unpaired) electrons. The molecule has 20 heavy (non-hydrogen) atoms. The molecule has 0 spiro atoms. The molecule has 0 aliphatic carbocycles. The minimum absolute atomic E-state index is 0.523. The maximum absolute atomic E-state index is 13.3. The number of benzene rings is 1. The number of nitrogens with zero attached hydrogens (tertiary/aromatic N) is 4. The molecule has 5 nitrogen and oxygen atoms in total. The Morgan fingerprint density at radius 3 is 1.80 bits per heavy atom. The van der Waals surface area contributed by atoms with Gasteiger partial charge < -0.3 is 4.90 Å². The summed E-state index contributed by atoms with van der Waals surface area (Å²) < 4.78 is 16.7. The fourth-order valence-electron chi connectivity index (χ4n) is 1.77. The van der Waals surface area contributed by atoms with Gasteiger partial charge in [0.2, 0.25) is 0 Å². The summed E-state index contributed by atoms with van der Waals surface area (Å²) >= 11 is 5.87. The third-order valence-electron chi connectivity index (χ3n) is 2.80. The van der Waals surface area contributed by atoms with E-state index in [1.54, 1.807) is 54.6 Å². The van der Waals surface area contributed by atoms with Crippen LogP contribution in [0.25, 0.3) is 0 Å². The third kappa shape index (κ3) is 3.61. The van der Waals surface area contributed by atoms with Gasteiger partial charge in [0, 0.05) is 19.1 Å². The number of aliphatic imine (C=N–C) groups is 1. The lowest BCUT2D eigenvalue weighted by molar-refractivity contribution is 0.455. The number of hydrogen-bond acceptors (Lipinski definition) is 2. The largest absolute Gasteiger partial charge is 0.358 e. The smallest absolute Gasteiger partial charge is 0.279 e. The Balaban J connectivity index is 3.37. The Bertz CT molecular complexity index is 514. The van der Waals surface area contributed by atoms with E-state index < -0.39 is 7.44 Å². The number of halogens is 1. The quantitative estimate of drug-likeness (QED) is 0.486. The van der Waals surface area contributed by atoms with Gasteiger partial charge in [-0.05, 0) is 52.5 Å². The van der Waals surface area contributed by atoms with Crippen molar-refractivity contribution in [2.45, 2.75) is 0 Å². The fraction of sp³-hybridized carbons (Fsp3) is 0.462. The summed E-state index contributed by atoms with van der Waals surface area (Å²) in [6, 6.07) is 7.15. The van der Waals surface area contributed by atoms with Crippen LogP contribution in [0.5, 0.6) is 0 Å². The van der Waals surface area contributed by atoms with Gasteiger partial charge in [-0.15, -0.1) is 0 Å². The molecule has 0 fully saturated rings. The van der Waals surface area contributed by atoms with Crippen LogP contribution >= 0.6 is 19.0 Å². The average Bonchev–Trinajstić information content (AvgIpc) is 2.36. The summed E-state index contributed by atoms with van der Waals surface area (Å²) in [5.41, 5.74) is 1.25. The maximum Gasteiger partial charge on any atom is 0.279 e. The topological polar surface area (TPSA) is 39.2 Å². The average molecular weight is 317 g/mol. The summed E-state index contributed by atoms with van der Waals surface area (Å²) in [6.45, 7) is 0. The molecule has 0 aliphatic rings. The van der Waals surface area contributed by atoms with E-state index in [2.05, 4.69) is 4.99 Å². The van der Waals surface area contributed by atoms with Crippen LogP contribution in [0.1, 0.15) is 0 Å². The molecule has 0 saturated heterocycles. The molecule has 0 atom stereocenters. The van der Waals surface area contributed by atoms with Gasteiger partial charge in [-0.2, -0.15) is 0 Å². The van der Waals surface area contributed by atoms with Crippen molar-refractivity contribution >= 4 is 30.3 Å². The highest BCUT2D eigenvalue weighted by molar-refractivity contribution is 7.76. The Kier molecular flexibility index (Phi) is 5.78. The highest BCUT2D eigenvalue weighted by atomic mass is 35.5. The molecule has 1 aromatic rings. The molecule has 0 heterocycles. The van der Waals surface area contributed by atoms with Gasteiger partial charge in [0.05, 0.1) is 5.69 Å². The van der Waals surface area contributed by atoms with Crippen molar-refractivity contribution in [3.8, 4) is 0 Å². The summed E-state index contributed by atoms with van der Waals surface area (Å²) in [7, 11) is 7.96. The number of hydrogen-bond donors (Lipinski definition) is 0. The number of amidine groups is 1. The monoisotopic (exact) mass is 316 g/mol. The third-order valence-corrected chi connectivity index (χ3v) is 6.24. The molecule has 1 rings (SSSR count). The highest BCUT2D eigenvalue weighted by Crippen LogP contribution is 2.52. The standard InChI is InChI=1S/C13H22ClN4OP/c1-16(2)13(20(19,17(3)4)18(5)6)15-12-9-7-11(14)8-10-12/h7-10H,1-6H3. The van der Waals surface area contributed by atoms with Crippen LogP contribution in [0.2, 0.25) is 5.02 Å². The lowest BCUT2D eigenvalue weighted by atomic mass is 10.3. The lowest BCUT2D eigenvalue weighted by Gasteiger charge is -2.34. The van der Waals surface area contributed by atoms with Crippen molar-refractivity contribution in [2.24, 2.45) is 4.99 Å². The SMILES string of the molecule is CN(C)C(=Nc1ccc(Cl)cc1)P(=O)(N(C)C)N(C)C. The van der Waals surface area contributed by atoms with E-state index in [1.807, 2.05) is 26.2 Å². The van der Waals surface area contributed by atoms with Gasteiger partial charge in [0.1, 0.15) is 0 Å². The zero-order valence-corrected chi connectivity index (χ0v) is 14.5. The van der Waals surface area contributed by atoms with Gasteiger partial charge in [-0.1, -0.05) is 11.6 Å². The first kappa shape index (κ1) is 17.2. The van der Waals surface area contributed by atoms with Crippen LogP contribution < -0.4 is 0 Å². The van der Waals surface area contributed by atoms with Crippen molar-refractivity contribution < 1.29 is 4.57 Å². The summed E-state index contributed by atoms with van der Waals surface area (Å²) in [5, 5.41) is 0.652. The minimum atomic E-state index is -2.90. The second kappa shape index (κ2) is 6.72. The van der Waals surface area contributed by atoms with Crippen LogP contribution in [0.15, 0.2) is 29.3 Å². The molecule has 0 bridgehead atoms. The van der Waals surface area contributed by atoms with Crippen LogP contribution in [-0.4, -0.2) is 62.1 Å². The Labute approximate surface area is 126 Å². The van der Waals surface area contributed by atoms with Crippen LogP contribution in [0.4, 0.5) is 5.69 Å². The molecule has 112 valence electrons. The van der Waals surface area contributed by atoms with Crippen molar-refractivity contribution in [2.75, 3.05) is 42.3 Å². The highest BCUT2D eigenvalue weighted by Gasteiger charge is 2.36.